The molecule has 6 heteroatoms. The van der Waals surface area contributed by atoms with Gasteiger partial charge in [-0.25, -0.2) is 9.18 Å². The van der Waals surface area contributed by atoms with E-state index in [-0.39, 0.29) is 11.0 Å². The number of halogens is 1. The summed E-state index contributed by atoms with van der Waals surface area (Å²) >= 11 is 0. The largest absolute Gasteiger partial charge is 0.493 e. The minimum absolute atomic E-state index is 0.165. The van der Waals surface area contributed by atoms with Gasteiger partial charge in [-0.3, -0.25) is 4.79 Å². The molecule has 4 aromatic rings. The Morgan fingerprint density at radius 1 is 0.906 bits per heavy atom. The highest BCUT2D eigenvalue weighted by molar-refractivity contribution is 5.93. The lowest BCUT2D eigenvalue weighted by Crippen LogP contribution is -2.08. The highest BCUT2D eigenvalue weighted by atomic mass is 19.1. The van der Waals surface area contributed by atoms with Gasteiger partial charge in [-0.15, -0.1) is 0 Å². The lowest BCUT2D eigenvalue weighted by molar-refractivity contribution is 0.0734. The van der Waals surface area contributed by atoms with Crippen LogP contribution in [0.1, 0.15) is 28.8 Å². The molecule has 0 radical (unpaired) electrons. The molecule has 0 spiro atoms. The normalized spacial score (nSPS) is 10.9. The van der Waals surface area contributed by atoms with Crippen LogP contribution in [0.5, 0.6) is 11.5 Å². The van der Waals surface area contributed by atoms with E-state index in [1.807, 2.05) is 13.0 Å². The molecular weight excluding hydrogens is 411 g/mol. The Morgan fingerprint density at radius 3 is 2.22 bits per heavy atom. The Bertz CT molecular complexity index is 1350. The van der Waals surface area contributed by atoms with Crippen molar-refractivity contribution < 1.29 is 23.1 Å². The molecule has 5 nitrogen and oxygen atoms in total. The van der Waals surface area contributed by atoms with Gasteiger partial charge < -0.3 is 13.9 Å². The first-order chi connectivity index (χ1) is 15.4. The van der Waals surface area contributed by atoms with Gasteiger partial charge in [-0.2, -0.15) is 0 Å². The van der Waals surface area contributed by atoms with Crippen LogP contribution in [0.2, 0.25) is 0 Å². The first kappa shape index (κ1) is 21.3. The zero-order valence-corrected chi connectivity index (χ0v) is 17.9. The molecule has 1 heterocycles. The summed E-state index contributed by atoms with van der Waals surface area (Å²) < 4.78 is 29.9. The Labute approximate surface area is 184 Å². The average molecular weight is 432 g/mol. The predicted octanol–water partition coefficient (Wildman–Crippen LogP) is 5.83. The van der Waals surface area contributed by atoms with Gasteiger partial charge in [-0.05, 0) is 80.4 Å². The van der Waals surface area contributed by atoms with E-state index in [0.717, 1.165) is 5.56 Å². The van der Waals surface area contributed by atoms with Crippen LogP contribution in [0.3, 0.4) is 0 Å². The van der Waals surface area contributed by atoms with Crippen molar-refractivity contribution in [2.75, 3.05) is 6.61 Å². The maximum absolute atomic E-state index is 13.0. The van der Waals surface area contributed by atoms with E-state index in [9.17, 15) is 14.0 Å². The van der Waals surface area contributed by atoms with E-state index in [2.05, 4.69) is 0 Å². The fraction of sp³-hybridized carbons (Fsp3) is 0.154. The molecule has 0 amide bonds. The summed E-state index contributed by atoms with van der Waals surface area (Å²) in [5, 5.41) is 1.17. The summed E-state index contributed by atoms with van der Waals surface area (Å²) in [6, 6.07) is 15.3. The van der Waals surface area contributed by atoms with Crippen molar-refractivity contribution in [1.29, 1.82) is 0 Å². The number of esters is 1. The van der Waals surface area contributed by atoms with Crippen LogP contribution in [-0.4, -0.2) is 12.6 Å². The van der Waals surface area contributed by atoms with Crippen molar-refractivity contribution in [3.8, 4) is 22.6 Å². The third kappa shape index (κ3) is 4.12. The number of carbonyl (C=O) groups is 1. The molecule has 0 aliphatic rings. The number of hydrogen-bond acceptors (Lipinski definition) is 5. The molecule has 0 fully saturated rings. The van der Waals surface area contributed by atoms with Gasteiger partial charge in [0, 0.05) is 0 Å². The van der Waals surface area contributed by atoms with Crippen molar-refractivity contribution in [2.45, 2.75) is 20.8 Å². The number of furan rings is 1. The van der Waals surface area contributed by atoms with Crippen LogP contribution in [0.4, 0.5) is 4.39 Å². The summed E-state index contributed by atoms with van der Waals surface area (Å²) in [5.74, 6) is 1.07. The van der Waals surface area contributed by atoms with E-state index >= 15 is 0 Å². The average Bonchev–Trinajstić information content (AvgIpc) is 2.98. The molecule has 0 saturated carbocycles. The van der Waals surface area contributed by atoms with Gasteiger partial charge in [0.05, 0.1) is 22.9 Å². The summed E-state index contributed by atoms with van der Waals surface area (Å²) in [6.45, 7) is 5.88. The summed E-state index contributed by atoms with van der Waals surface area (Å²) in [5.41, 5.74) is 1.51. The van der Waals surface area contributed by atoms with Gasteiger partial charge in [-0.1, -0.05) is 12.1 Å². The van der Waals surface area contributed by atoms with E-state index in [1.54, 1.807) is 44.2 Å². The maximum atomic E-state index is 13.0. The van der Waals surface area contributed by atoms with Gasteiger partial charge in [0.1, 0.15) is 28.8 Å². The quantitative estimate of drug-likeness (QED) is 0.293. The molecule has 162 valence electrons. The van der Waals surface area contributed by atoms with Crippen LogP contribution >= 0.6 is 0 Å². The number of aryl methyl sites for hydroxylation is 2. The van der Waals surface area contributed by atoms with Crippen LogP contribution in [0.25, 0.3) is 21.9 Å². The van der Waals surface area contributed by atoms with E-state index in [0.29, 0.717) is 46.0 Å². The van der Waals surface area contributed by atoms with Crippen LogP contribution < -0.4 is 14.9 Å². The summed E-state index contributed by atoms with van der Waals surface area (Å²) in [7, 11) is 0. The zero-order valence-electron chi connectivity index (χ0n) is 17.9. The lowest BCUT2D eigenvalue weighted by Gasteiger charge is -2.07. The molecule has 0 atom stereocenters. The number of benzene rings is 2. The lowest BCUT2D eigenvalue weighted by atomic mass is 10.1. The van der Waals surface area contributed by atoms with Gasteiger partial charge in [0.15, 0.2) is 5.43 Å². The van der Waals surface area contributed by atoms with Crippen molar-refractivity contribution in [3.05, 3.63) is 93.8 Å². The Morgan fingerprint density at radius 2 is 1.56 bits per heavy atom. The van der Waals surface area contributed by atoms with Crippen molar-refractivity contribution in [3.63, 3.8) is 0 Å². The standard InChI is InChI=1S/C26H21FO5/c1-4-30-23-14-19(13-22(28)24-15(2)31-16(3)25(23)24)17-7-11-21(12-8-17)32-26(29)18-5-9-20(27)10-6-18/h5-14H,4H2,1-3H3. The van der Waals surface area contributed by atoms with Crippen molar-refractivity contribution >= 4 is 16.7 Å². The molecule has 32 heavy (non-hydrogen) atoms. The Kier molecular flexibility index (Phi) is 5.77. The van der Waals surface area contributed by atoms with Crippen molar-refractivity contribution in [1.82, 2.24) is 0 Å². The first-order valence-electron chi connectivity index (χ1n) is 10.2. The molecule has 4 rings (SSSR count). The molecule has 0 N–H and O–H groups in total. The summed E-state index contributed by atoms with van der Waals surface area (Å²) in [6.07, 6.45) is 0. The molecule has 0 aliphatic carbocycles. The third-order valence-corrected chi connectivity index (χ3v) is 5.10. The molecule has 0 unspecified atom stereocenters. The topological polar surface area (TPSA) is 65.7 Å². The maximum Gasteiger partial charge on any atom is 0.343 e. The molecular formula is C26H21FO5. The minimum Gasteiger partial charge on any atom is -0.493 e. The van der Waals surface area contributed by atoms with Crippen LogP contribution in [0.15, 0.2) is 69.9 Å². The zero-order chi connectivity index (χ0) is 22.8. The first-order valence-corrected chi connectivity index (χ1v) is 10.2. The number of ether oxygens (including phenoxy) is 2. The summed E-state index contributed by atoms with van der Waals surface area (Å²) in [4.78, 5) is 25.2. The molecule has 1 aromatic heterocycles. The van der Waals surface area contributed by atoms with Gasteiger partial charge >= 0.3 is 5.97 Å². The van der Waals surface area contributed by atoms with Gasteiger partial charge in [0.25, 0.3) is 0 Å². The Hall–Kier alpha value is -3.93. The van der Waals surface area contributed by atoms with E-state index < -0.39 is 11.8 Å². The highest BCUT2D eigenvalue weighted by Gasteiger charge is 2.16. The fourth-order valence-electron chi connectivity index (χ4n) is 3.65. The fourth-order valence-corrected chi connectivity index (χ4v) is 3.65. The van der Waals surface area contributed by atoms with E-state index in [4.69, 9.17) is 13.9 Å². The monoisotopic (exact) mass is 432 g/mol. The second-order valence-electron chi connectivity index (χ2n) is 7.29. The Balaban J connectivity index is 1.69. The molecule has 0 saturated heterocycles. The minimum atomic E-state index is -0.585. The number of hydrogen-bond donors (Lipinski definition) is 0. The predicted molar refractivity (Wildman–Crippen MR) is 120 cm³/mol. The molecule has 0 aliphatic heterocycles. The number of rotatable bonds is 5. The number of fused-ring (bicyclic) bond motifs is 1. The van der Waals surface area contributed by atoms with Gasteiger partial charge in [0.2, 0.25) is 0 Å². The SMILES string of the molecule is CCOc1cc(-c2ccc(OC(=O)c3ccc(F)cc3)cc2)cc(=O)c2c(C)oc(C)c12. The van der Waals surface area contributed by atoms with Crippen molar-refractivity contribution in [2.24, 2.45) is 0 Å². The smallest absolute Gasteiger partial charge is 0.343 e. The molecule has 0 bridgehead atoms. The number of carbonyl (C=O) groups excluding carboxylic acids is 1. The highest BCUT2D eigenvalue weighted by Crippen LogP contribution is 2.33. The third-order valence-electron chi connectivity index (χ3n) is 5.10. The second kappa shape index (κ2) is 8.67. The van der Waals surface area contributed by atoms with Crippen LogP contribution in [0, 0.1) is 19.7 Å². The molecule has 3 aromatic carbocycles. The van der Waals surface area contributed by atoms with E-state index in [1.165, 1.54) is 24.3 Å². The second-order valence-corrected chi connectivity index (χ2v) is 7.29. The van der Waals surface area contributed by atoms with Crippen LogP contribution in [-0.2, 0) is 0 Å².